The molecule has 19 heavy (non-hydrogen) atoms. The monoisotopic (exact) mass is 294 g/mol. The normalized spacial score (nSPS) is 18.2. The number of fused-ring (bicyclic) bond motifs is 1. The summed E-state index contributed by atoms with van der Waals surface area (Å²) in [7, 11) is 1.61. The van der Waals surface area contributed by atoms with Crippen LogP contribution in [0.25, 0.3) is 10.6 Å². The van der Waals surface area contributed by atoms with Gasteiger partial charge in [-0.15, -0.1) is 11.3 Å². The van der Waals surface area contributed by atoms with Gasteiger partial charge in [0.05, 0.1) is 17.8 Å². The number of nitrogens with two attached hydrogens (primary N) is 1. The maximum Gasteiger partial charge on any atom is 0.137 e. The first-order chi connectivity index (χ1) is 9.19. The Bertz CT molecular complexity index is 611. The summed E-state index contributed by atoms with van der Waals surface area (Å²) in [6.45, 7) is 0. The molecular weight excluding hydrogens is 280 g/mol. The zero-order valence-corrected chi connectivity index (χ0v) is 12.2. The highest BCUT2D eigenvalue weighted by Gasteiger charge is 2.22. The number of halogens is 1. The number of hydrogen-bond donors (Lipinski definition) is 1. The van der Waals surface area contributed by atoms with Crippen molar-refractivity contribution in [2.75, 3.05) is 7.11 Å². The molecule has 2 aromatic rings. The molecule has 1 aromatic carbocycles. The smallest absolute Gasteiger partial charge is 0.137 e. The number of aromatic nitrogens is 1. The summed E-state index contributed by atoms with van der Waals surface area (Å²) in [6.07, 6.45) is 3.27. The molecule has 100 valence electrons. The summed E-state index contributed by atoms with van der Waals surface area (Å²) in [4.78, 5) is 6.01. The first-order valence-electron chi connectivity index (χ1n) is 6.28. The van der Waals surface area contributed by atoms with Crippen molar-refractivity contribution in [3.8, 4) is 16.3 Å². The third-order valence-electron chi connectivity index (χ3n) is 3.40. The minimum Gasteiger partial charge on any atom is -0.495 e. The number of nitrogens with zero attached hydrogens (tertiary/aromatic N) is 1. The van der Waals surface area contributed by atoms with Crippen molar-refractivity contribution in [3.63, 3.8) is 0 Å². The number of ether oxygens (including phenoxy) is 1. The lowest BCUT2D eigenvalue weighted by molar-refractivity contribution is 0.415. The molecule has 1 aromatic heterocycles. The molecule has 3 nitrogen and oxygen atoms in total. The highest BCUT2D eigenvalue weighted by molar-refractivity contribution is 7.15. The molecule has 2 N–H and O–H groups in total. The molecule has 1 heterocycles. The lowest BCUT2D eigenvalue weighted by Gasteiger charge is -2.15. The van der Waals surface area contributed by atoms with Crippen molar-refractivity contribution in [3.05, 3.63) is 33.8 Å². The zero-order valence-electron chi connectivity index (χ0n) is 10.6. The Morgan fingerprint density at radius 3 is 3.00 bits per heavy atom. The predicted octanol–water partition coefficient (Wildman–Crippen LogP) is 3.81. The van der Waals surface area contributed by atoms with Gasteiger partial charge in [-0.1, -0.05) is 11.6 Å². The summed E-state index contributed by atoms with van der Waals surface area (Å²) >= 11 is 7.89. The minimum atomic E-state index is 0.0856. The van der Waals surface area contributed by atoms with E-state index in [1.54, 1.807) is 18.4 Å². The second-order valence-corrected chi connectivity index (χ2v) is 6.17. The molecule has 0 saturated carbocycles. The number of thiazole rings is 1. The standard InChI is InChI=1S/C14H15ClN2OS/c1-18-11-6-5-8(7-9(11)15)14-17-13-10(16)3-2-4-12(13)19-14/h5-7,10H,2-4,16H2,1H3. The van der Waals surface area contributed by atoms with Crippen LogP contribution in [0.4, 0.5) is 0 Å². The van der Waals surface area contributed by atoms with Crippen molar-refractivity contribution in [1.82, 2.24) is 4.98 Å². The van der Waals surface area contributed by atoms with Crippen LogP contribution in [-0.4, -0.2) is 12.1 Å². The lowest BCUT2D eigenvalue weighted by atomic mass is 9.99. The van der Waals surface area contributed by atoms with Gasteiger partial charge in [0.15, 0.2) is 0 Å². The molecule has 5 heteroatoms. The highest BCUT2D eigenvalue weighted by Crippen LogP contribution is 2.38. The van der Waals surface area contributed by atoms with E-state index in [1.807, 2.05) is 18.2 Å². The van der Waals surface area contributed by atoms with Crippen molar-refractivity contribution in [2.45, 2.75) is 25.3 Å². The van der Waals surface area contributed by atoms with Crippen molar-refractivity contribution >= 4 is 22.9 Å². The molecule has 1 atom stereocenters. The molecule has 1 aliphatic rings. The molecular formula is C14H15ClN2OS. The van der Waals surface area contributed by atoms with E-state index in [1.165, 1.54) is 4.88 Å². The van der Waals surface area contributed by atoms with Gasteiger partial charge in [0, 0.05) is 16.5 Å². The molecule has 0 spiro atoms. The maximum atomic E-state index is 6.16. The summed E-state index contributed by atoms with van der Waals surface area (Å²) in [5.41, 5.74) is 8.20. The van der Waals surface area contributed by atoms with Crippen LogP contribution in [0.3, 0.4) is 0 Å². The van der Waals surface area contributed by atoms with E-state index in [4.69, 9.17) is 27.1 Å². The Morgan fingerprint density at radius 1 is 1.47 bits per heavy atom. The fourth-order valence-electron chi connectivity index (χ4n) is 2.37. The highest BCUT2D eigenvalue weighted by atomic mass is 35.5. The molecule has 0 radical (unpaired) electrons. The van der Waals surface area contributed by atoms with Crippen LogP contribution in [0.15, 0.2) is 18.2 Å². The van der Waals surface area contributed by atoms with Crippen molar-refractivity contribution < 1.29 is 4.74 Å². The van der Waals surface area contributed by atoms with Gasteiger partial charge in [0.2, 0.25) is 0 Å². The topological polar surface area (TPSA) is 48.1 Å². The SMILES string of the molecule is COc1ccc(-c2nc3c(s2)CCCC3N)cc1Cl. The fraction of sp³-hybridized carbons (Fsp3) is 0.357. The van der Waals surface area contributed by atoms with Gasteiger partial charge in [0.1, 0.15) is 10.8 Å². The van der Waals surface area contributed by atoms with Gasteiger partial charge in [-0.25, -0.2) is 4.98 Å². The van der Waals surface area contributed by atoms with Gasteiger partial charge in [0.25, 0.3) is 0 Å². The molecule has 0 aliphatic heterocycles. The number of benzene rings is 1. The zero-order chi connectivity index (χ0) is 13.4. The third kappa shape index (κ3) is 2.36. The summed E-state index contributed by atoms with van der Waals surface area (Å²) in [5.74, 6) is 0.684. The lowest BCUT2D eigenvalue weighted by Crippen LogP contribution is -2.16. The molecule has 3 rings (SSSR count). The average Bonchev–Trinajstić information content (AvgIpc) is 2.84. The van der Waals surface area contributed by atoms with E-state index < -0.39 is 0 Å². The molecule has 1 unspecified atom stereocenters. The summed E-state index contributed by atoms with van der Waals surface area (Å²) in [5, 5.41) is 1.60. The van der Waals surface area contributed by atoms with Gasteiger partial charge >= 0.3 is 0 Å². The molecule has 0 saturated heterocycles. The van der Waals surface area contributed by atoms with Gasteiger partial charge in [-0.2, -0.15) is 0 Å². The number of rotatable bonds is 2. The maximum absolute atomic E-state index is 6.16. The Kier molecular flexibility index (Phi) is 3.48. The third-order valence-corrected chi connectivity index (χ3v) is 4.87. The van der Waals surface area contributed by atoms with E-state index in [0.29, 0.717) is 10.8 Å². The summed E-state index contributed by atoms with van der Waals surface area (Å²) < 4.78 is 5.17. The molecule has 0 bridgehead atoms. The van der Waals surface area contributed by atoms with Crippen LogP contribution in [0, 0.1) is 0 Å². The number of aryl methyl sites for hydroxylation is 1. The van der Waals surface area contributed by atoms with E-state index in [-0.39, 0.29) is 6.04 Å². The van der Waals surface area contributed by atoms with E-state index in [2.05, 4.69) is 0 Å². The molecule has 0 fully saturated rings. The molecule has 0 amide bonds. The van der Waals surface area contributed by atoms with Crippen molar-refractivity contribution in [1.29, 1.82) is 0 Å². The average molecular weight is 295 g/mol. The number of methoxy groups -OCH3 is 1. The van der Waals surface area contributed by atoms with Crippen molar-refractivity contribution in [2.24, 2.45) is 5.73 Å². The van der Waals surface area contributed by atoms with Crippen LogP contribution >= 0.6 is 22.9 Å². The summed E-state index contributed by atoms with van der Waals surface area (Å²) in [6, 6.07) is 5.84. The van der Waals surface area contributed by atoms with Crippen LogP contribution in [0.5, 0.6) is 5.75 Å². The second kappa shape index (κ2) is 5.12. The Hall–Kier alpha value is -1.10. The largest absolute Gasteiger partial charge is 0.495 e. The quantitative estimate of drug-likeness (QED) is 0.916. The van der Waals surface area contributed by atoms with Crippen LogP contribution < -0.4 is 10.5 Å². The van der Waals surface area contributed by atoms with Gasteiger partial charge in [-0.05, 0) is 37.5 Å². The Morgan fingerprint density at radius 2 is 2.32 bits per heavy atom. The van der Waals surface area contributed by atoms with Gasteiger partial charge in [-0.3, -0.25) is 0 Å². The molecule has 1 aliphatic carbocycles. The van der Waals surface area contributed by atoms with E-state index in [0.717, 1.165) is 35.5 Å². The first kappa shape index (κ1) is 12.9. The Labute approximate surface area is 121 Å². The van der Waals surface area contributed by atoms with Gasteiger partial charge < -0.3 is 10.5 Å². The minimum absolute atomic E-state index is 0.0856. The van der Waals surface area contributed by atoms with Crippen LogP contribution in [0.2, 0.25) is 5.02 Å². The van der Waals surface area contributed by atoms with E-state index in [9.17, 15) is 0 Å². The second-order valence-electron chi connectivity index (χ2n) is 4.68. The van der Waals surface area contributed by atoms with E-state index >= 15 is 0 Å². The fourth-order valence-corrected chi connectivity index (χ4v) is 3.80. The Balaban J connectivity index is 2.01. The van der Waals surface area contributed by atoms with Crippen LogP contribution in [-0.2, 0) is 6.42 Å². The van der Waals surface area contributed by atoms with Crippen LogP contribution in [0.1, 0.15) is 29.5 Å². The number of hydrogen-bond acceptors (Lipinski definition) is 4. The predicted molar refractivity (Wildman–Crippen MR) is 79.0 cm³/mol. The first-order valence-corrected chi connectivity index (χ1v) is 7.47.